The summed E-state index contributed by atoms with van der Waals surface area (Å²) in [5.41, 5.74) is 0.433. The minimum Gasteiger partial charge on any atom is -0.318 e. The zero-order valence-corrected chi connectivity index (χ0v) is 15.8. The number of hydrogen-bond donors (Lipinski definition) is 0. The smallest absolute Gasteiger partial charge is 0.318 e. The predicted octanol–water partition coefficient (Wildman–Crippen LogP) is 4.83. The quantitative estimate of drug-likeness (QED) is 0.759. The lowest BCUT2D eigenvalue weighted by Gasteiger charge is -2.32. The molecule has 0 N–H and O–H groups in total. The molecule has 3 nitrogen and oxygen atoms in total. The van der Waals surface area contributed by atoms with Gasteiger partial charge in [-0.1, -0.05) is 39.8 Å². The molecule has 26 heavy (non-hydrogen) atoms. The van der Waals surface area contributed by atoms with Gasteiger partial charge >= 0.3 is 6.18 Å². The molecule has 0 aromatic carbocycles. The van der Waals surface area contributed by atoms with E-state index in [9.17, 15) is 18.0 Å². The molecular weight excluding hydrogens is 341 g/mol. The van der Waals surface area contributed by atoms with Crippen LogP contribution in [0, 0.1) is 0 Å². The van der Waals surface area contributed by atoms with E-state index in [4.69, 9.17) is 0 Å². The second kappa shape index (κ2) is 6.89. The molecule has 2 heterocycles. The molecule has 0 spiro atoms. The van der Waals surface area contributed by atoms with Gasteiger partial charge < -0.3 is 4.57 Å². The molecule has 0 aliphatic carbocycles. The molecule has 0 aliphatic rings. The molecule has 0 unspecified atom stereocenters. The van der Waals surface area contributed by atoms with Crippen molar-refractivity contribution >= 4 is 0 Å². The molecule has 2 rings (SSSR count). The SMILES string of the molecule is Cn1cc(C(C)(C)CCC(C)(C)c2ccc(C(F)(F)F)nc2)ccc1=O. The lowest BCUT2D eigenvalue weighted by atomic mass is 9.73. The third-order valence-electron chi connectivity index (χ3n) is 5.08. The summed E-state index contributed by atoms with van der Waals surface area (Å²) >= 11 is 0. The molecule has 2 aromatic heterocycles. The summed E-state index contributed by atoms with van der Waals surface area (Å²) in [5, 5.41) is 0. The van der Waals surface area contributed by atoms with Crippen LogP contribution in [0.5, 0.6) is 0 Å². The van der Waals surface area contributed by atoms with Gasteiger partial charge in [0, 0.05) is 25.5 Å². The summed E-state index contributed by atoms with van der Waals surface area (Å²) in [5.74, 6) is 0. The second-order valence-corrected chi connectivity index (χ2v) is 8.06. The number of nitrogens with zero attached hydrogens (tertiary/aromatic N) is 2. The maximum absolute atomic E-state index is 12.7. The van der Waals surface area contributed by atoms with E-state index in [0.29, 0.717) is 0 Å². The molecule has 0 fully saturated rings. The summed E-state index contributed by atoms with van der Waals surface area (Å²) in [4.78, 5) is 15.2. The first-order chi connectivity index (χ1) is 11.8. The molecule has 0 atom stereocenters. The van der Waals surface area contributed by atoms with Crippen molar-refractivity contribution in [2.75, 3.05) is 0 Å². The van der Waals surface area contributed by atoms with Crippen molar-refractivity contribution in [3.8, 4) is 0 Å². The van der Waals surface area contributed by atoms with E-state index in [0.717, 1.165) is 30.0 Å². The van der Waals surface area contributed by atoms with Gasteiger partial charge in [0.15, 0.2) is 0 Å². The minimum absolute atomic E-state index is 0.0549. The van der Waals surface area contributed by atoms with Crippen LogP contribution in [0.15, 0.2) is 41.5 Å². The molecule has 2 aromatic rings. The number of rotatable bonds is 5. The third-order valence-corrected chi connectivity index (χ3v) is 5.08. The molecular formula is C20H25F3N2O. The lowest BCUT2D eigenvalue weighted by molar-refractivity contribution is -0.141. The van der Waals surface area contributed by atoms with E-state index in [2.05, 4.69) is 18.8 Å². The van der Waals surface area contributed by atoms with Crippen LogP contribution in [-0.4, -0.2) is 9.55 Å². The van der Waals surface area contributed by atoms with Gasteiger partial charge in [0.05, 0.1) is 0 Å². The first-order valence-electron chi connectivity index (χ1n) is 8.54. The third kappa shape index (κ3) is 4.54. The first-order valence-corrected chi connectivity index (χ1v) is 8.54. The predicted molar refractivity (Wildman–Crippen MR) is 96.2 cm³/mol. The number of aryl methyl sites for hydroxylation is 1. The number of alkyl halides is 3. The van der Waals surface area contributed by atoms with E-state index in [1.807, 2.05) is 26.1 Å². The van der Waals surface area contributed by atoms with Gasteiger partial charge in [-0.05, 0) is 40.9 Å². The van der Waals surface area contributed by atoms with Crippen LogP contribution in [0.2, 0.25) is 0 Å². The molecule has 0 saturated heterocycles. The largest absolute Gasteiger partial charge is 0.433 e. The summed E-state index contributed by atoms with van der Waals surface area (Å²) in [6.45, 7) is 8.23. The number of hydrogen-bond acceptors (Lipinski definition) is 2. The minimum atomic E-state index is -4.42. The molecule has 0 aliphatic heterocycles. The molecule has 6 heteroatoms. The Morgan fingerprint density at radius 1 is 0.923 bits per heavy atom. The van der Waals surface area contributed by atoms with E-state index < -0.39 is 11.9 Å². The van der Waals surface area contributed by atoms with Crippen LogP contribution in [0.25, 0.3) is 0 Å². The highest BCUT2D eigenvalue weighted by Gasteiger charge is 2.33. The van der Waals surface area contributed by atoms with E-state index >= 15 is 0 Å². The van der Waals surface area contributed by atoms with Crippen molar-refractivity contribution in [2.45, 2.75) is 57.5 Å². The Bertz CT molecular complexity index is 818. The van der Waals surface area contributed by atoms with Crippen LogP contribution in [0.1, 0.15) is 57.4 Å². The highest BCUT2D eigenvalue weighted by atomic mass is 19.4. The summed E-state index contributed by atoms with van der Waals surface area (Å²) < 4.78 is 39.6. The van der Waals surface area contributed by atoms with Gasteiger partial charge in [0.1, 0.15) is 5.69 Å². The number of halogens is 3. The Morgan fingerprint density at radius 2 is 1.46 bits per heavy atom. The monoisotopic (exact) mass is 366 g/mol. The Morgan fingerprint density at radius 3 is 1.92 bits per heavy atom. The van der Waals surface area contributed by atoms with E-state index in [1.165, 1.54) is 12.3 Å². The fourth-order valence-electron chi connectivity index (χ4n) is 2.87. The average Bonchev–Trinajstić information content (AvgIpc) is 2.55. The van der Waals surface area contributed by atoms with Gasteiger partial charge in [0.2, 0.25) is 5.56 Å². The molecule has 0 saturated carbocycles. The zero-order chi connectivity index (χ0) is 19.8. The van der Waals surface area contributed by atoms with Crippen molar-refractivity contribution in [1.82, 2.24) is 9.55 Å². The summed E-state index contributed by atoms with van der Waals surface area (Å²) in [6.07, 6.45) is 0.333. The number of aromatic nitrogens is 2. The van der Waals surface area contributed by atoms with Crippen LogP contribution in [0.4, 0.5) is 13.2 Å². The highest BCUT2D eigenvalue weighted by molar-refractivity contribution is 5.25. The Balaban J connectivity index is 2.15. The van der Waals surface area contributed by atoms with Crippen molar-refractivity contribution in [1.29, 1.82) is 0 Å². The Hall–Kier alpha value is -2.11. The van der Waals surface area contributed by atoms with E-state index in [-0.39, 0.29) is 16.4 Å². The fourth-order valence-corrected chi connectivity index (χ4v) is 2.87. The van der Waals surface area contributed by atoms with Crippen molar-refractivity contribution in [3.05, 3.63) is 63.8 Å². The first kappa shape index (κ1) is 20.2. The van der Waals surface area contributed by atoms with E-state index in [1.54, 1.807) is 17.7 Å². The van der Waals surface area contributed by atoms with Crippen LogP contribution in [0.3, 0.4) is 0 Å². The van der Waals surface area contributed by atoms with Gasteiger partial charge in [0.25, 0.3) is 0 Å². The fraction of sp³-hybridized carbons (Fsp3) is 0.500. The van der Waals surface area contributed by atoms with Gasteiger partial charge in [-0.25, -0.2) is 0 Å². The maximum Gasteiger partial charge on any atom is 0.433 e. The standard InChI is InChI=1S/C20H25F3N2O/c1-18(2,14-6-8-16(24-12-14)20(21,22)23)10-11-19(3,4)15-7-9-17(26)25(5)13-15/h6-9,12-13H,10-11H2,1-5H3. The number of pyridine rings is 2. The van der Waals surface area contributed by atoms with Crippen LogP contribution >= 0.6 is 0 Å². The lowest BCUT2D eigenvalue weighted by Crippen LogP contribution is -2.26. The normalized spacial score (nSPS) is 13.1. The van der Waals surface area contributed by atoms with Crippen molar-refractivity contribution < 1.29 is 13.2 Å². The second-order valence-electron chi connectivity index (χ2n) is 8.06. The maximum atomic E-state index is 12.7. The average molecular weight is 366 g/mol. The summed E-state index contributed by atoms with van der Waals surface area (Å²) in [7, 11) is 1.72. The molecule has 0 bridgehead atoms. The summed E-state index contributed by atoms with van der Waals surface area (Å²) in [6, 6.07) is 5.95. The van der Waals surface area contributed by atoms with Crippen LogP contribution in [-0.2, 0) is 24.1 Å². The van der Waals surface area contributed by atoms with Crippen LogP contribution < -0.4 is 5.56 Å². The highest BCUT2D eigenvalue weighted by Crippen LogP contribution is 2.36. The zero-order valence-electron chi connectivity index (χ0n) is 15.8. The van der Waals surface area contributed by atoms with Crippen molar-refractivity contribution in [2.24, 2.45) is 7.05 Å². The van der Waals surface area contributed by atoms with Gasteiger partial charge in [-0.3, -0.25) is 9.78 Å². The molecule has 0 radical (unpaired) electrons. The molecule has 0 amide bonds. The Kier molecular flexibility index (Phi) is 5.36. The van der Waals surface area contributed by atoms with Crippen molar-refractivity contribution in [3.63, 3.8) is 0 Å². The topological polar surface area (TPSA) is 34.9 Å². The van der Waals surface area contributed by atoms with Gasteiger partial charge in [-0.2, -0.15) is 13.2 Å². The van der Waals surface area contributed by atoms with Gasteiger partial charge in [-0.15, -0.1) is 0 Å². The molecule has 142 valence electrons. The Labute approximate surface area is 151 Å².